The SMILES string of the molecule is COc1ccc(F)c(C2(C(=O)NCc3ccc(-c4cnc5nc4NCCCNS(=O)(=O)c4cccc(c4)N5)cc3)CC2)c1. The van der Waals surface area contributed by atoms with E-state index in [1.807, 2.05) is 24.3 Å². The van der Waals surface area contributed by atoms with Crippen molar-refractivity contribution in [1.29, 1.82) is 0 Å². The summed E-state index contributed by atoms with van der Waals surface area (Å²) in [5.74, 6) is 0.837. The maximum Gasteiger partial charge on any atom is 0.240 e. The number of ether oxygens (including phenoxy) is 1. The number of nitrogens with zero attached hydrogens (tertiary/aromatic N) is 2. The van der Waals surface area contributed by atoms with Gasteiger partial charge in [0, 0.05) is 42.6 Å². The molecule has 1 saturated carbocycles. The van der Waals surface area contributed by atoms with Crippen LogP contribution in [0.4, 0.5) is 21.8 Å². The number of carbonyl (C=O) groups excluding carboxylic acids is 1. The van der Waals surface area contributed by atoms with E-state index in [1.165, 1.54) is 13.2 Å². The average Bonchev–Trinajstić information content (AvgIpc) is 3.82. The Morgan fingerprint density at radius 1 is 1.07 bits per heavy atom. The molecule has 1 fully saturated rings. The summed E-state index contributed by atoms with van der Waals surface area (Å²) in [6, 6.07) is 18.7. The molecule has 6 rings (SSSR count). The summed E-state index contributed by atoms with van der Waals surface area (Å²) >= 11 is 0. The minimum absolute atomic E-state index is 0.164. The first-order valence-corrected chi connectivity index (χ1v) is 15.5. The molecular formula is C31H31FN6O4S. The molecule has 4 N–H and O–H groups in total. The van der Waals surface area contributed by atoms with Crippen LogP contribution < -0.4 is 25.4 Å². The number of methoxy groups -OCH3 is 1. The van der Waals surface area contributed by atoms with Crippen LogP contribution in [-0.4, -0.2) is 44.5 Å². The molecule has 0 saturated heterocycles. The van der Waals surface area contributed by atoms with E-state index in [0.717, 1.165) is 16.7 Å². The number of hydrogen-bond donors (Lipinski definition) is 4. The van der Waals surface area contributed by atoms with E-state index in [2.05, 4.69) is 30.6 Å². The second-order valence-electron chi connectivity index (χ2n) is 10.6. The summed E-state index contributed by atoms with van der Waals surface area (Å²) in [5.41, 5.74) is 2.58. The molecule has 222 valence electrons. The van der Waals surface area contributed by atoms with Crippen LogP contribution in [0, 0.1) is 5.82 Å². The number of anilines is 3. The van der Waals surface area contributed by atoms with Crippen LogP contribution in [0.2, 0.25) is 0 Å². The Bertz CT molecular complexity index is 1780. The zero-order valence-corrected chi connectivity index (χ0v) is 24.3. The minimum Gasteiger partial charge on any atom is -0.497 e. The molecule has 0 atom stereocenters. The van der Waals surface area contributed by atoms with E-state index in [-0.39, 0.29) is 17.3 Å². The monoisotopic (exact) mass is 602 g/mol. The zero-order valence-electron chi connectivity index (χ0n) is 23.5. The lowest BCUT2D eigenvalue weighted by Crippen LogP contribution is -2.34. The molecule has 1 amide bonds. The molecule has 0 spiro atoms. The number of sulfonamides is 1. The van der Waals surface area contributed by atoms with Crippen molar-refractivity contribution in [2.45, 2.75) is 36.1 Å². The van der Waals surface area contributed by atoms with Gasteiger partial charge in [0.15, 0.2) is 0 Å². The largest absolute Gasteiger partial charge is 0.497 e. The van der Waals surface area contributed by atoms with Gasteiger partial charge < -0.3 is 20.7 Å². The highest BCUT2D eigenvalue weighted by Crippen LogP contribution is 2.50. The highest BCUT2D eigenvalue weighted by Gasteiger charge is 2.52. The molecule has 4 bridgehead atoms. The van der Waals surface area contributed by atoms with Crippen molar-refractivity contribution in [3.8, 4) is 16.9 Å². The highest BCUT2D eigenvalue weighted by atomic mass is 32.2. The molecule has 0 radical (unpaired) electrons. The van der Waals surface area contributed by atoms with Crippen molar-refractivity contribution in [3.05, 3.63) is 89.9 Å². The first-order valence-electron chi connectivity index (χ1n) is 14.0. The molecule has 1 aromatic heterocycles. The third-order valence-electron chi connectivity index (χ3n) is 7.72. The maximum absolute atomic E-state index is 14.6. The van der Waals surface area contributed by atoms with E-state index < -0.39 is 21.3 Å². The normalized spacial score (nSPS) is 16.7. The van der Waals surface area contributed by atoms with Gasteiger partial charge in [-0.1, -0.05) is 30.3 Å². The van der Waals surface area contributed by atoms with E-state index in [4.69, 9.17) is 4.74 Å². The van der Waals surface area contributed by atoms with Gasteiger partial charge >= 0.3 is 0 Å². The lowest BCUT2D eigenvalue weighted by Gasteiger charge is -2.17. The van der Waals surface area contributed by atoms with Crippen LogP contribution in [0.1, 0.15) is 30.4 Å². The summed E-state index contributed by atoms with van der Waals surface area (Å²) in [6.45, 7) is 1.06. The average molecular weight is 603 g/mol. The van der Waals surface area contributed by atoms with Gasteiger partial charge in [0.1, 0.15) is 17.4 Å². The quantitative estimate of drug-likeness (QED) is 0.254. The number of rotatable bonds is 6. The molecular weight excluding hydrogens is 571 g/mol. The van der Waals surface area contributed by atoms with Crippen LogP contribution in [-0.2, 0) is 26.8 Å². The summed E-state index contributed by atoms with van der Waals surface area (Å²) in [4.78, 5) is 22.4. The van der Waals surface area contributed by atoms with E-state index in [1.54, 1.807) is 42.6 Å². The fraction of sp³-hybridized carbons (Fsp3) is 0.258. The van der Waals surface area contributed by atoms with Crippen LogP contribution in [0.5, 0.6) is 5.75 Å². The molecule has 3 aromatic carbocycles. The Morgan fingerprint density at radius 3 is 2.65 bits per heavy atom. The van der Waals surface area contributed by atoms with Crippen molar-refractivity contribution in [2.24, 2.45) is 0 Å². The van der Waals surface area contributed by atoms with Gasteiger partial charge in [-0.2, -0.15) is 4.98 Å². The second kappa shape index (κ2) is 11.6. The third-order valence-corrected chi connectivity index (χ3v) is 9.18. The molecule has 12 heteroatoms. The lowest BCUT2D eigenvalue weighted by molar-refractivity contribution is -0.123. The topological polar surface area (TPSA) is 134 Å². The number of amides is 1. The number of nitrogens with one attached hydrogen (secondary N) is 4. The lowest BCUT2D eigenvalue weighted by atomic mass is 9.94. The number of hydrogen-bond acceptors (Lipinski definition) is 8. The van der Waals surface area contributed by atoms with Crippen LogP contribution in [0.25, 0.3) is 11.1 Å². The number of aromatic nitrogens is 2. The van der Waals surface area contributed by atoms with Gasteiger partial charge in [0.05, 0.1) is 17.4 Å². The van der Waals surface area contributed by atoms with Crippen LogP contribution >= 0.6 is 0 Å². The molecule has 43 heavy (non-hydrogen) atoms. The van der Waals surface area contributed by atoms with Crippen molar-refractivity contribution in [3.63, 3.8) is 0 Å². The van der Waals surface area contributed by atoms with Gasteiger partial charge in [0.25, 0.3) is 0 Å². The van der Waals surface area contributed by atoms with Gasteiger partial charge in [-0.3, -0.25) is 4.79 Å². The van der Waals surface area contributed by atoms with Crippen molar-refractivity contribution in [2.75, 3.05) is 30.8 Å². The fourth-order valence-corrected chi connectivity index (χ4v) is 6.26. The van der Waals surface area contributed by atoms with Crippen molar-refractivity contribution < 1.29 is 22.3 Å². The van der Waals surface area contributed by atoms with Gasteiger partial charge in [-0.05, 0) is 66.8 Å². The van der Waals surface area contributed by atoms with Crippen LogP contribution in [0.3, 0.4) is 0 Å². The molecule has 10 nitrogen and oxygen atoms in total. The summed E-state index contributed by atoms with van der Waals surface area (Å²) in [5, 5.41) is 9.37. The number of halogens is 1. The summed E-state index contributed by atoms with van der Waals surface area (Å²) in [7, 11) is -2.12. The molecule has 0 unspecified atom stereocenters. The standard InChI is InChI=1S/C31H31FN6O4S/c1-42-23-10-11-27(32)26(17-23)31(12-13-31)29(39)34-18-20-6-8-21(9-7-20)25-19-35-30-37-22-4-2-5-24(16-22)43(40,41)36-15-3-14-33-28(25)38-30/h2,4-11,16-17,19,36H,3,12-15,18H2,1H3,(H,34,39)(H2,33,35,37,38). The van der Waals surface area contributed by atoms with E-state index >= 15 is 0 Å². The predicted molar refractivity (Wildman–Crippen MR) is 161 cm³/mol. The fourth-order valence-electron chi connectivity index (χ4n) is 5.14. The minimum atomic E-state index is -3.63. The molecule has 4 aromatic rings. The van der Waals surface area contributed by atoms with Crippen molar-refractivity contribution >= 4 is 33.4 Å². The molecule has 2 aliphatic rings. The first kappa shape index (κ1) is 28.6. The molecule has 1 aliphatic heterocycles. The third kappa shape index (κ3) is 6.02. The second-order valence-corrected chi connectivity index (χ2v) is 12.4. The Morgan fingerprint density at radius 2 is 1.88 bits per heavy atom. The summed E-state index contributed by atoms with van der Waals surface area (Å²) < 4.78 is 47.7. The smallest absolute Gasteiger partial charge is 0.240 e. The Kier molecular flexibility index (Phi) is 7.72. The van der Waals surface area contributed by atoms with Gasteiger partial charge in [-0.15, -0.1) is 0 Å². The first-order chi connectivity index (χ1) is 20.8. The van der Waals surface area contributed by atoms with E-state index in [0.29, 0.717) is 61.1 Å². The van der Waals surface area contributed by atoms with Gasteiger partial charge in [0.2, 0.25) is 21.9 Å². The van der Waals surface area contributed by atoms with Gasteiger partial charge in [-0.25, -0.2) is 22.5 Å². The maximum atomic E-state index is 14.6. The molecule has 2 heterocycles. The number of fused-ring (bicyclic) bond motifs is 4. The van der Waals surface area contributed by atoms with Crippen molar-refractivity contribution in [1.82, 2.24) is 20.0 Å². The zero-order chi connectivity index (χ0) is 30.0. The highest BCUT2D eigenvalue weighted by molar-refractivity contribution is 7.89. The number of benzene rings is 3. The Hall–Kier alpha value is -4.55. The Labute approximate surface area is 249 Å². The predicted octanol–water partition coefficient (Wildman–Crippen LogP) is 4.48. The van der Waals surface area contributed by atoms with Crippen LogP contribution in [0.15, 0.2) is 77.8 Å². The van der Waals surface area contributed by atoms with E-state index in [9.17, 15) is 17.6 Å². The Balaban J connectivity index is 1.17. The number of carbonyl (C=O) groups is 1. The summed E-state index contributed by atoms with van der Waals surface area (Å²) in [6.07, 6.45) is 3.43. The molecule has 1 aliphatic carbocycles.